The fraction of sp³-hybridized carbons (Fsp3) is 0.250. The highest BCUT2D eigenvalue weighted by Crippen LogP contribution is 2.26. The van der Waals surface area contributed by atoms with Gasteiger partial charge in [-0.1, -0.05) is 48.2 Å². The Hall–Kier alpha value is -2.47. The Morgan fingerprint density at radius 3 is 2.58 bits per heavy atom. The number of thiophene rings is 1. The van der Waals surface area contributed by atoms with Crippen LogP contribution in [0.3, 0.4) is 0 Å². The standard InChI is InChI=1S/C20H20N4O4S3/c25-18(15-30-20-22-21-19(28-20)17-7-4-13-29-17)23-9-11-24(12-10-23)31(26,27)14-8-16-5-2-1-3-6-16/h1-8,13-14H,9-12,15H2/b14-8+. The van der Waals surface area contributed by atoms with Gasteiger partial charge in [0.1, 0.15) is 0 Å². The number of aromatic nitrogens is 2. The van der Waals surface area contributed by atoms with Crippen LogP contribution >= 0.6 is 23.1 Å². The minimum absolute atomic E-state index is 0.0854. The van der Waals surface area contributed by atoms with E-state index in [1.54, 1.807) is 11.0 Å². The lowest BCUT2D eigenvalue weighted by molar-refractivity contribution is -0.129. The van der Waals surface area contributed by atoms with Crippen LogP contribution in [0.4, 0.5) is 0 Å². The molecule has 11 heteroatoms. The summed E-state index contributed by atoms with van der Waals surface area (Å²) in [5.41, 5.74) is 0.820. The molecule has 0 spiro atoms. The second-order valence-electron chi connectivity index (χ2n) is 6.68. The third kappa shape index (κ3) is 5.62. The number of sulfonamides is 1. The van der Waals surface area contributed by atoms with Crippen molar-refractivity contribution in [3.8, 4) is 10.8 Å². The molecule has 31 heavy (non-hydrogen) atoms. The van der Waals surface area contributed by atoms with Crippen LogP contribution in [0.25, 0.3) is 16.8 Å². The molecule has 1 fully saturated rings. The number of hydrogen-bond donors (Lipinski definition) is 0. The number of thioether (sulfide) groups is 1. The van der Waals surface area contributed by atoms with Gasteiger partial charge in [-0.25, -0.2) is 8.42 Å². The number of rotatable bonds is 7. The van der Waals surface area contributed by atoms with Crippen LogP contribution in [0.2, 0.25) is 0 Å². The summed E-state index contributed by atoms with van der Waals surface area (Å²) >= 11 is 2.68. The molecule has 0 radical (unpaired) electrons. The molecule has 0 atom stereocenters. The third-order valence-corrected chi connectivity index (χ3v) is 7.87. The molecule has 0 unspecified atom stereocenters. The summed E-state index contributed by atoms with van der Waals surface area (Å²) in [6.45, 7) is 1.23. The van der Waals surface area contributed by atoms with Gasteiger partial charge >= 0.3 is 0 Å². The van der Waals surface area contributed by atoms with Gasteiger partial charge in [-0.2, -0.15) is 4.31 Å². The van der Waals surface area contributed by atoms with Crippen LogP contribution in [0.1, 0.15) is 5.56 Å². The summed E-state index contributed by atoms with van der Waals surface area (Å²) in [5, 5.41) is 11.4. The first kappa shape index (κ1) is 21.8. The molecule has 2 aromatic heterocycles. The summed E-state index contributed by atoms with van der Waals surface area (Å²) in [6.07, 6.45) is 1.58. The molecule has 0 aliphatic carbocycles. The van der Waals surface area contributed by atoms with Gasteiger partial charge in [0.25, 0.3) is 11.1 Å². The maximum Gasteiger partial charge on any atom is 0.277 e. The predicted octanol–water partition coefficient (Wildman–Crippen LogP) is 3.04. The lowest BCUT2D eigenvalue weighted by atomic mass is 10.2. The lowest BCUT2D eigenvalue weighted by Crippen LogP contribution is -2.50. The Kier molecular flexibility index (Phi) is 6.86. The van der Waals surface area contributed by atoms with Crippen LogP contribution in [0, 0.1) is 0 Å². The minimum atomic E-state index is -3.53. The number of carbonyl (C=O) groups is 1. The maximum atomic E-state index is 12.6. The molecule has 3 aromatic rings. The van der Waals surface area contributed by atoms with Crippen molar-refractivity contribution in [2.75, 3.05) is 31.9 Å². The molecule has 0 saturated carbocycles. The van der Waals surface area contributed by atoms with E-state index in [4.69, 9.17) is 4.42 Å². The Bertz CT molecular complexity index is 1140. The van der Waals surface area contributed by atoms with E-state index in [0.717, 1.165) is 10.4 Å². The number of nitrogens with zero attached hydrogens (tertiary/aromatic N) is 4. The fourth-order valence-electron chi connectivity index (χ4n) is 2.99. The van der Waals surface area contributed by atoms with Crippen LogP contribution in [0.15, 0.2) is 62.9 Å². The smallest absolute Gasteiger partial charge is 0.277 e. The van der Waals surface area contributed by atoms with Crippen molar-refractivity contribution >= 4 is 45.1 Å². The van der Waals surface area contributed by atoms with Crippen molar-refractivity contribution in [2.45, 2.75) is 5.22 Å². The molecular weight excluding hydrogens is 456 g/mol. The molecule has 1 aliphatic heterocycles. The van der Waals surface area contributed by atoms with Gasteiger partial charge in [-0.15, -0.1) is 21.5 Å². The first-order chi connectivity index (χ1) is 15.0. The molecule has 8 nitrogen and oxygen atoms in total. The second-order valence-corrected chi connectivity index (χ2v) is 10.4. The van der Waals surface area contributed by atoms with Crippen molar-refractivity contribution in [3.05, 3.63) is 58.8 Å². The van der Waals surface area contributed by atoms with E-state index < -0.39 is 10.0 Å². The number of piperazine rings is 1. The van der Waals surface area contributed by atoms with Crippen LogP contribution in [-0.4, -0.2) is 65.7 Å². The summed E-state index contributed by atoms with van der Waals surface area (Å²) < 4.78 is 32.1. The van der Waals surface area contributed by atoms with Crippen molar-refractivity contribution in [1.29, 1.82) is 0 Å². The number of carbonyl (C=O) groups excluding carboxylic acids is 1. The highest BCUT2D eigenvalue weighted by atomic mass is 32.2. The van der Waals surface area contributed by atoms with Crippen molar-refractivity contribution < 1.29 is 17.6 Å². The summed E-state index contributed by atoms with van der Waals surface area (Å²) in [5.74, 6) is 0.511. The molecule has 3 heterocycles. The molecule has 1 aromatic carbocycles. The van der Waals surface area contributed by atoms with E-state index >= 15 is 0 Å². The monoisotopic (exact) mass is 476 g/mol. The molecule has 4 rings (SSSR count). The minimum Gasteiger partial charge on any atom is -0.410 e. The van der Waals surface area contributed by atoms with E-state index in [-0.39, 0.29) is 24.7 Å². The Morgan fingerprint density at radius 1 is 1.10 bits per heavy atom. The summed E-state index contributed by atoms with van der Waals surface area (Å²) in [4.78, 5) is 15.1. The molecule has 0 N–H and O–H groups in total. The zero-order valence-corrected chi connectivity index (χ0v) is 18.9. The fourth-order valence-corrected chi connectivity index (χ4v) is 5.47. The van der Waals surface area contributed by atoms with E-state index in [1.807, 2.05) is 47.8 Å². The zero-order valence-electron chi connectivity index (χ0n) is 16.5. The lowest BCUT2D eigenvalue weighted by Gasteiger charge is -2.33. The van der Waals surface area contributed by atoms with Crippen LogP contribution in [0.5, 0.6) is 0 Å². The van der Waals surface area contributed by atoms with Gasteiger partial charge in [0.05, 0.1) is 10.6 Å². The largest absolute Gasteiger partial charge is 0.410 e. The Balaban J connectivity index is 1.26. The van der Waals surface area contributed by atoms with E-state index in [2.05, 4.69) is 10.2 Å². The molecular formula is C20H20N4O4S3. The average molecular weight is 477 g/mol. The number of amides is 1. The second kappa shape index (κ2) is 9.77. The number of benzene rings is 1. The van der Waals surface area contributed by atoms with Crippen molar-refractivity contribution in [2.24, 2.45) is 0 Å². The first-order valence-corrected chi connectivity index (χ1v) is 12.9. The Morgan fingerprint density at radius 2 is 1.87 bits per heavy atom. The predicted molar refractivity (Wildman–Crippen MR) is 121 cm³/mol. The van der Waals surface area contributed by atoms with E-state index in [9.17, 15) is 13.2 Å². The van der Waals surface area contributed by atoms with Crippen molar-refractivity contribution in [1.82, 2.24) is 19.4 Å². The van der Waals surface area contributed by atoms with Gasteiger partial charge in [0.15, 0.2) is 0 Å². The zero-order chi connectivity index (χ0) is 21.7. The van der Waals surface area contributed by atoms with Gasteiger partial charge in [-0.3, -0.25) is 4.79 Å². The van der Waals surface area contributed by atoms with E-state index in [1.165, 1.54) is 32.8 Å². The van der Waals surface area contributed by atoms with Crippen LogP contribution in [-0.2, 0) is 14.8 Å². The highest BCUT2D eigenvalue weighted by Gasteiger charge is 2.27. The number of hydrogen-bond acceptors (Lipinski definition) is 8. The molecule has 1 saturated heterocycles. The first-order valence-electron chi connectivity index (χ1n) is 9.52. The third-order valence-electron chi connectivity index (χ3n) is 4.64. The maximum absolute atomic E-state index is 12.6. The quantitative estimate of drug-likeness (QED) is 0.484. The molecule has 1 aliphatic rings. The molecule has 162 valence electrons. The topological polar surface area (TPSA) is 96.6 Å². The SMILES string of the molecule is O=C(CSc1nnc(-c2cccs2)o1)N1CCN(S(=O)(=O)/C=C/c2ccccc2)CC1. The van der Waals surface area contributed by atoms with E-state index in [0.29, 0.717) is 24.2 Å². The van der Waals surface area contributed by atoms with Crippen molar-refractivity contribution in [3.63, 3.8) is 0 Å². The Labute approximate surface area is 188 Å². The summed E-state index contributed by atoms with van der Waals surface area (Å²) in [6, 6.07) is 13.1. The van der Waals surface area contributed by atoms with Gasteiger partial charge < -0.3 is 9.32 Å². The summed E-state index contributed by atoms with van der Waals surface area (Å²) in [7, 11) is -3.53. The normalized spacial score (nSPS) is 15.5. The average Bonchev–Trinajstić information content (AvgIpc) is 3.49. The van der Waals surface area contributed by atoms with Gasteiger partial charge in [0, 0.05) is 31.6 Å². The van der Waals surface area contributed by atoms with Gasteiger partial charge in [0.2, 0.25) is 15.9 Å². The van der Waals surface area contributed by atoms with Gasteiger partial charge in [-0.05, 0) is 23.1 Å². The molecule has 0 bridgehead atoms. The molecule has 1 amide bonds. The highest BCUT2D eigenvalue weighted by molar-refractivity contribution is 7.99. The van der Waals surface area contributed by atoms with Crippen LogP contribution < -0.4 is 0 Å².